The van der Waals surface area contributed by atoms with Crippen molar-refractivity contribution in [1.82, 2.24) is 4.90 Å². The first-order chi connectivity index (χ1) is 14.5. The number of fused-ring (bicyclic) bond motifs is 1. The van der Waals surface area contributed by atoms with Crippen LogP contribution in [0.1, 0.15) is 71.4 Å². The summed E-state index contributed by atoms with van der Waals surface area (Å²) in [5, 5.41) is 9.51. The third-order valence-electron chi connectivity index (χ3n) is 5.79. The number of rotatable bonds is 7. The number of nitrogens with zero attached hydrogens (tertiary/aromatic N) is 2. The Morgan fingerprint density at radius 2 is 1.87 bits per heavy atom. The SMILES string of the molecule is CCCC(CCC)N1CCc2c(C(=O)OC)cc(-c3ccccc3C#N)cc2C1=O. The summed E-state index contributed by atoms with van der Waals surface area (Å²) in [6.45, 7) is 4.88. The maximum atomic E-state index is 13.5. The summed E-state index contributed by atoms with van der Waals surface area (Å²) in [4.78, 5) is 28.0. The molecule has 5 nitrogen and oxygen atoms in total. The van der Waals surface area contributed by atoms with Crippen LogP contribution in [0, 0.1) is 11.3 Å². The Morgan fingerprint density at radius 1 is 1.17 bits per heavy atom. The third-order valence-corrected chi connectivity index (χ3v) is 5.79. The summed E-state index contributed by atoms with van der Waals surface area (Å²) in [5.41, 5.74) is 3.59. The van der Waals surface area contributed by atoms with E-state index in [-0.39, 0.29) is 11.9 Å². The zero-order valence-electron chi connectivity index (χ0n) is 17.9. The highest BCUT2D eigenvalue weighted by atomic mass is 16.5. The fraction of sp³-hybridized carbons (Fsp3) is 0.400. The molecule has 0 aliphatic carbocycles. The second-order valence-corrected chi connectivity index (χ2v) is 7.68. The van der Waals surface area contributed by atoms with E-state index < -0.39 is 5.97 Å². The number of esters is 1. The second kappa shape index (κ2) is 9.58. The van der Waals surface area contributed by atoms with Crippen LogP contribution in [0.3, 0.4) is 0 Å². The van der Waals surface area contributed by atoms with Gasteiger partial charge in [-0.05, 0) is 54.2 Å². The molecule has 0 N–H and O–H groups in total. The zero-order valence-corrected chi connectivity index (χ0v) is 17.9. The number of carbonyl (C=O) groups is 2. The molecule has 0 atom stereocenters. The van der Waals surface area contributed by atoms with Gasteiger partial charge < -0.3 is 9.64 Å². The van der Waals surface area contributed by atoms with Crippen molar-refractivity contribution < 1.29 is 14.3 Å². The number of hydrogen-bond acceptors (Lipinski definition) is 4. The molecule has 0 radical (unpaired) electrons. The van der Waals surface area contributed by atoms with Crippen LogP contribution in [-0.4, -0.2) is 36.5 Å². The first kappa shape index (κ1) is 21.6. The largest absolute Gasteiger partial charge is 0.465 e. The summed E-state index contributed by atoms with van der Waals surface area (Å²) in [5.74, 6) is -0.493. The minimum atomic E-state index is -0.456. The predicted octanol–water partition coefficient (Wildman–Crippen LogP) is 4.98. The molecule has 1 heterocycles. The Kier molecular flexibility index (Phi) is 6.89. The molecular formula is C25H28N2O3. The number of ether oxygens (including phenoxy) is 1. The molecule has 0 aromatic heterocycles. The molecule has 2 aromatic carbocycles. The van der Waals surface area contributed by atoms with Gasteiger partial charge in [0.05, 0.1) is 24.3 Å². The molecule has 1 aliphatic rings. The van der Waals surface area contributed by atoms with Gasteiger partial charge in [0.25, 0.3) is 5.91 Å². The number of amides is 1. The van der Waals surface area contributed by atoms with Crippen molar-refractivity contribution in [1.29, 1.82) is 5.26 Å². The first-order valence-electron chi connectivity index (χ1n) is 10.6. The number of nitriles is 1. The summed E-state index contributed by atoms with van der Waals surface area (Å²) in [6, 6.07) is 13.2. The fourth-order valence-electron chi connectivity index (χ4n) is 4.37. The van der Waals surface area contributed by atoms with Crippen LogP contribution in [0.2, 0.25) is 0 Å². The van der Waals surface area contributed by atoms with Crippen molar-refractivity contribution in [2.24, 2.45) is 0 Å². The van der Waals surface area contributed by atoms with Crippen molar-refractivity contribution >= 4 is 11.9 Å². The Labute approximate surface area is 178 Å². The lowest BCUT2D eigenvalue weighted by Gasteiger charge is -2.36. The smallest absolute Gasteiger partial charge is 0.338 e. The van der Waals surface area contributed by atoms with Crippen molar-refractivity contribution in [3.05, 3.63) is 58.7 Å². The maximum Gasteiger partial charge on any atom is 0.338 e. The molecule has 0 saturated heterocycles. The molecule has 0 bridgehead atoms. The lowest BCUT2D eigenvalue weighted by Crippen LogP contribution is -2.45. The molecule has 1 amide bonds. The number of benzene rings is 2. The molecule has 0 unspecified atom stereocenters. The molecule has 0 fully saturated rings. The van der Waals surface area contributed by atoms with E-state index in [0.717, 1.165) is 31.2 Å². The molecule has 0 saturated carbocycles. The van der Waals surface area contributed by atoms with Gasteiger partial charge in [0.1, 0.15) is 0 Å². The molecule has 0 spiro atoms. The van der Waals surface area contributed by atoms with E-state index in [2.05, 4.69) is 19.9 Å². The Hall–Kier alpha value is -3.13. The number of carbonyl (C=O) groups excluding carboxylic acids is 2. The van der Waals surface area contributed by atoms with Crippen molar-refractivity contribution in [3.8, 4) is 17.2 Å². The van der Waals surface area contributed by atoms with E-state index in [1.165, 1.54) is 7.11 Å². The monoisotopic (exact) mass is 404 g/mol. The van der Waals surface area contributed by atoms with E-state index in [4.69, 9.17) is 4.74 Å². The van der Waals surface area contributed by atoms with Crippen LogP contribution >= 0.6 is 0 Å². The Balaban J connectivity index is 2.15. The number of methoxy groups -OCH3 is 1. The molecule has 1 aliphatic heterocycles. The minimum Gasteiger partial charge on any atom is -0.465 e. The van der Waals surface area contributed by atoms with Crippen molar-refractivity contribution in [3.63, 3.8) is 0 Å². The fourth-order valence-corrected chi connectivity index (χ4v) is 4.37. The third kappa shape index (κ3) is 4.09. The lowest BCUT2D eigenvalue weighted by atomic mass is 9.87. The summed E-state index contributed by atoms with van der Waals surface area (Å²) >= 11 is 0. The van der Waals surface area contributed by atoms with Crippen LogP contribution < -0.4 is 0 Å². The molecular weight excluding hydrogens is 376 g/mol. The average molecular weight is 405 g/mol. The molecule has 3 rings (SSSR count). The Morgan fingerprint density at radius 3 is 2.50 bits per heavy atom. The molecule has 2 aromatic rings. The van der Waals surface area contributed by atoms with Gasteiger partial charge in [-0.15, -0.1) is 0 Å². The van der Waals surface area contributed by atoms with Gasteiger partial charge in [0, 0.05) is 18.2 Å². The van der Waals surface area contributed by atoms with Crippen molar-refractivity contribution in [2.75, 3.05) is 13.7 Å². The Bertz CT molecular complexity index is 984. The number of hydrogen-bond donors (Lipinski definition) is 0. The van der Waals surface area contributed by atoms with E-state index in [0.29, 0.717) is 40.8 Å². The quantitative estimate of drug-likeness (QED) is 0.610. The summed E-state index contributed by atoms with van der Waals surface area (Å²) in [6.07, 6.45) is 4.59. The molecule has 30 heavy (non-hydrogen) atoms. The standard InChI is InChI=1S/C25H28N2O3/c1-4-8-19(9-5-2)27-13-12-21-22(24(27)28)14-18(15-23(21)25(29)30-3)20-11-7-6-10-17(20)16-26/h6-7,10-11,14-15,19H,4-5,8-9,12-13H2,1-3H3. The summed E-state index contributed by atoms with van der Waals surface area (Å²) < 4.78 is 5.01. The zero-order chi connectivity index (χ0) is 21.7. The topological polar surface area (TPSA) is 70.4 Å². The van der Waals surface area contributed by atoms with E-state index in [1.54, 1.807) is 18.2 Å². The second-order valence-electron chi connectivity index (χ2n) is 7.68. The first-order valence-corrected chi connectivity index (χ1v) is 10.6. The molecule has 5 heteroatoms. The normalized spacial score (nSPS) is 13.2. The van der Waals surface area contributed by atoms with Crippen molar-refractivity contribution in [2.45, 2.75) is 52.0 Å². The van der Waals surface area contributed by atoms with Gasteiger partial charge in [-0.25, -0.2) is 4.79 Å². The van der Waals surface area contributed by atoms with Crippen LogP contribution in [0.25, 0.3) is 11.1 Å². The average Bonchev–Trinajstić information content (AvgIpc) is 2.78. The van der Waals surface area contributed by atoms with Crippen LogP contribution in [-0.2, 0) is 11.2 Å². The highest BCUT2D eigenvalue weighted by Gasteiger charge is 2.32. The highest BCUT2D eigenvalue weighted by molar-refractivity contribution is 6.03. The van der Waals surface area contributed by atoms with Crippen LogP contribution in [0.4, 0.5) is 0 Å². The van der Waals surface area contributed by atoms with Crippen LogP contribution in [0.15, 0.2) is 36.4 Å². The minimum absolute atomic E-state index is 0.0374. The van der Waals surface area contributed by atoms with Gasteiger partial charge in [0.2, 0.25) is 0 Å². The van der Waals surface area contributed by atoms with Gasteiger partial charge in [0.15, 0.2) is 0 Å². The molecule has 156 valence electrons. The van der Waals surface area contributed by atoms with E-state index >= 15 is 0 Å². The highest BCUT2D eigenvalue weighted by Crippen LogP contribution is 2.33. The maximum absolute atomic E-state index is 13.5. The van der Waals surface area contributed by atoms with Gasteiger partial charge in [-0.2, -0.15) is 5.26 Å². The van der Waals surface area contributed by atoms with E-state index in [9.17, 15) is 14.9 Å². The predicted molar refractivity (Wildman–Crippen MR) is 116 cm³/mol. The lowest BCUT2D eigenvalue weighted by molar-refractivity contribution is 0.0595. The van der Waals surface area contributed by atoms with Crippen LogP contribution in [0.5, 0.6) is 0 Å². The van der Waals surface area contributed by atoms with Gasteiger partial charge in [-0.1, -0.05) is 44.9 Å². The van der Waals surface area contributed by atoms with Gasteiger partial charge >= 0.3 is 5.97 Å². The van der Waals surface area contributed by atoms with Gasteiger partial charge in [-0.3, -0.25) is 4.79 Å². The van der Waals surface area contributed by atoms with E-state index in [1.807, 2.05) is 23.1 Å². The summed E-state index contributed by atoms with van der Waals surface area (Å²) in [7, 11) is 1.35.